The summed E-state index contributed by atoms with van der Waals surface area (Å²) in [5, 5.41) is 10.1. The van der Waals surface area contributed by atoms with Crippen LogP contribution in [0.5, 0.6) is 0 Å². The summed E-state index contributed by atoms with van der Waals surface area (Å²) >= 11 is 1.53. The van der Waals surface area contributed by atoms with Crippen LogP contribution in [0.2, 0.25) is 0 Å². The van der Waals surface area contributed by atoms with Crippen molar-refractivity contribution in [3.05, 3.63) is 35.5 Å². The number of amides is 1. The summed E-state index contributed by atoms with van der Waals surface area (Å²) in [6.07, 6.45) is 0. The first-order valence-electron chi connectivity index (χ1n) is 11.0. The van der Waals surface area contributed by atoms with Crippen LogP contribution < -0.4 is 0 Å². The van der Waals surface area contributed by atoms with E-state index in [0.29, 0.717) is 5.57 Å². The molecule has 1 fully saturated rings. The van der Waals surface area contributed by atoms with Crippen LogP contribution in [0.1, 0.15) is 48.5 Å². The second-order valence-corrected chi connectivity index (χ2v) is 13.5. The maximum absolute atomic E-state index is 13.1. The largest absolute Gasteiger partial charge is 0.427 e. The summed E-state index contributed by atoms with van der Waals surface area (Å²) in [6.45, 7) is 11.1. The number of nitrogens with zero attached hydrogens (tertiary/aromatic N) is 2. The van der Waals surface area contributed by atoms with Crippen molar-refractivity contribution in [1.82, 2.24) is 9.88 Å². The van der Waals surface area contributed by atoms with E-state index in [0.717, 1.165) is 14.6 Å². The minimum absolute atomic E-state index is 0.0738. The van der Waals surface area contributed by atoms with Gasteiger partial charge in [-0.3, -0.25) is 14.5 Å². The number of ether oxygens (including phenoxy) is 2. The molecular formula is C24H30N2O6S3. The molecule has 190 valence electrons. The molecule has 0 radical (unpaired) electrons. The van der Waals surface area contributed by atoms with Gasteiger partial charge in [-0.05, 0) is 77.0 Å². The number of hydrogen-bond donors (Lipinski definition) is 1. The van der Waals surface area contributed by atoms with Gasteiger partial charge in [-0.25, -0.2) is 9.78 Å². The molecule has 8 nitrogen and oxygen atoms in total. The summed E-state index contributed by atoms with van der Waals surface area (Å²) in [5.74, 6) is -2.38. The van der Waals surface area contributed by atoms with Crippen LogP contribution in [-0.2, 0) is 23.9 Å². The highest BCUT2D eigenvalue weighted by Crippen LogP contribution is 2.50. The quantitative estimate of drug-likeness (QED) is 0.164. The number of aromatic nitrogens is 1. The molecule has 1 aliphatic heterocycles. The van der Waals surface area contributed by atoms with Gasteiger partial charge in [0.25, 0.3) is 0 Å². The molecule has 1 N–H and O–H groups in total. The summed E-state index contributed by atoms with van der Waals surface area (Å²) in [4.78, 5) is 44.0. The molecule has 1 amide bonds. The smallest absolute Gasteiger partial charge is 0.357 e. The fourth-order valence-electron chi connectivity index (χ4n) is 3.39. The van der Waals surface area contributed by atoms with Crippen LogP contribution in [0.4, 0.5) is 0 Å². The van der Waals surface area contributed by atoms with Gasteiger partial charge in [-0.15, -0.1) is 11.3 Å². The second kappa shape index (κ2) is 10.5. The first kappa shape index (κ1) is 27.5. The summed E-state index contributed by atoms with van der Waals surface area (Å²) < 4.78 is 12.1. The first-order chi connectivity index (χ1) is 16.2. The monoisotopic (exact) mass is 538 g/mol. The number of carbonyl (C=O) groups excluding carboxylic acids is 3. The van der Waals surface area contributed by atoms with E-state index in [2.05, 4.69) is 4.98 Å². The maximum atomic E-state index is 13.1. The number of allylic oxidation sites excluding steroid dienone is 1. The van der Waals surface area contributed by atoms with E-state index < -0.39 is 41.0 Å². The number of benzene rings is 1. The zero-order valence-electron chi connectivity index (χ0n) is 20.8. The van der Waals surface area contributed by atoms with Gasteiger partial charge < -0.3 is 14.6 Å². The Labute approximate surface area is 216 Å². The Hall–Kier alpha value is -2.08. The third kappa shape index (κ3) is 6.19. The van der Waals surface area contributed by atoms with Crippen LogP contribution in [-0.4, -0.2) is 50.6 Å². The van der Waals surface area contributed by atoms with Gasteiger partial charge in [-0.2, -0.15) is 0 Å². The summed E-state index contributed by atoms with van der Waals surface area (Å²) in [6, 6.07) is 7.80. The van der Waals surface area contributed by atoms with E-state index in [1.165, 1.54) is 37.8 Å². The van der Waals surface area contributed by atoms with Gasteiger partial charge in [0.15, 0.2) is 4.34 Å². The number of likely N-dealkylation sites (tertiary alicyclic amines) is 1. The Morgan fingerprint density at radius 1 is 1.14 bits per heavy atom. The van der Waals surface area contributed by atoms with Gasteiger partial charge in [0.05, 0.1) is 27.2 Å². The minimum Gasteiger partial charge on any atom is -0.427 e. The number of carbonyl (C=O) groups is 3. The van der Waals surface area contributed by atoms with Crippen LogP contribution in [0.25, 0.3) is 10.2 Å². The number of aliphatic hydroxyl groups is 1. The first-order valence-corrected chi connectivity index (χ1v) is 14.0. The van der Waals surface area contributed by atoms with E-state index in [4.69, 9.17) is 9.47 Å². The average Bonchev–Trinajstić information content (AvgIpc) is 3.15. The van der Waals surface area contributed by atoms with E-state index in [-0.39, 0.29) is 11.6 Å². The molecule has 1 aromatic carbocycles. The Bertz CT molecular complexity index is 1120. The second-order valence-electron chi connectivity index (χ2n) is 9.94. The Kier molecular flexibility index (Phi) is 8.25. The SMILES string of the molecule is CC(C)=C(C(=O)OCOC(=O)C(C)(C)C)N1C(=O)[C@@H](C(C)(C)O)[C@H]1SSc1nc2ccccc2s1. The molecule has 3 rings (SSSR count). The van der Waals surface area contributed by atoms with Gasteiger partial charge in [0.2, 0.25) is 12.7 Å². The van der Waals surface area contributed by atoms with Gasteiger partial charge >= 0.3 is 11.9 Å². The third-order valence-corrected chi connectivity index (χ3v) is 9.21. The fourth-order valence-corrected chi connectivity index (χ4v) is 7.57. The molecule has 11 heteroatoms. The predicted octanol–water partition coefficient (Wildman–Crippen LogP) is 4.98. The lowest BCUT2D eigenvalue weighted by molar-refractivity contribution is -0.176. The zero-order chi connectivity index (χ0) is 26.1. The number of fused-ring (bicyclic) bond motifs is 1. The van der Waals surface area contributed by atoms with Crippen LogP contribution in [0.15, 0.2) is 39.9 Å². The number of para-hydroxylation sites is 1. The van der Waals surface area contributed by atoms with Crippen molar-refractivity contribution in [2.24, 2.45) is 11.3 Å². The summed E-state index contributed by atoms with van der Waals surface area (Å²) in [5.41, 5.74) is -0.503. The molecule has 2 atom stereocenters. The van der Waals surface area contributed by atoms with Crippen molar-refractivity contribution in [3.63, 3.8) is 0 Å². The number of β-lactam (4-membered cyclic amide) rings is 1. The van der Waals surface area contributed by atoms with Crippen molar-refractivity contribution < 1.29 is 29.0 Å². The highest BCUT2D eigenvalue weighted by molar-refractivity contribution is 8.77. The molecule has 2 heterocycles. The molecule has 35 heavy (non-hydrogen) atoms. The minimum atomic E-state index is -1.29. The van der Waals surface area contributed by atoms with Crippen molar-refractivity contribution in [3.8, 4) is 0 Å². The molecule has 1 aliphatic rings. The fraction of sp³-hybridized carbons (Fsp3) is 0.500. The van der Waals surface area contributed by atoms with Gasteiger partial charge in [0, 0.05) is 0 Å². The Morgan fingerprint density at radius 3 is 2.37 bits per heavy atom. The maximum Gasteiger partial charge on any atom is 0.357 e. The van der Waals surface area contributed by atoms with E-state index >= 15 is 0 Å². The Balaban J connectivity index is 1.77. The number of rotatable bonds is 8. The summed E-state index contributed by atoms with van der Waals surface area (Å²) in [7, 11) is 2.75. The normalized spacial score (nSPS) is 18.3. The molecule has 0 aliphatic carbocycles. The molecule has 1 saturated heterocycles. The predicted molar refractivity (Wildman–Crippen MR) is 138 cm³/mol. The number of esters is 2. The van der Waals surface area contributed by atoms with E-state index in [1.807, 2.05) is 24.3 Å². The van der Waals surface area contributed by atoms with Crippen LogP contribution in [0.3, 0.4) is 0 Å². The van der Waals surface area contributed by atoms with Crippen molar-refractivity contribution in [2.45, 2.75) is 63.8 Å². The van der Waals surface area contributed by atoms with Crippen LogP contribution >= 0.6 is 32.9 Å². The molecule has 0 bridgehead atoms. The average molecular weight is 539 g/mol. The highest BCUT2D eigenvalue weighted by Gasteiger charge is 2.57. The van der Waals surface area contributed by atoms with E-state index in [1.54, 1.807) is 48.5 Å². The number of thiazole rings is 1. The molecule has 1 aromatic heterocycles. The molecular weight excluding hydrogens is 508 g/mol. The molecule has 0 unspecified atom stereocenters. The van der Waals surface area contributed by atoms with Crippen molar-refractivity contribution in [2.75, 3.05) is 6.79 Å². The molecule has 0 spiro atoms. The molecule has 2 aromatic rings. The lowest BCUT2D eigenvalue weighted by atomic mass is 9.82. The lowest BCUT2D eigenvalue weighted by Gasteiger charge is -2.50. The van der Waals surface area contributed by atoms with Gasteiger partial charge in [0.1, 0.15) is 11.1 Å². The highest BCUT2D eigenvalue weighted by atomic mass is 33.1. The van der Waals surface area contributed by atoms with Crippen molar-refractivity contribution in [1.29, 1.82) is 0 Å². The standard InChI is InChI=1S/C24H30N2O6S3/c1-13(2)17(20(28)31-12-32-21(29)23(3,4)5)26-18(27)16(24(6,7)30)19(26)34-35-22-25-14-10-8-9-11-15(14)33-22/h8-11,16,19,30H,12H2,1-7H3/t16-,19-/m1/s1. The topological polar surface area (TPSA) is 106 Å². The lowest BCUT2D eigenvalue weighted by Crippen LogP contribution is -2.66. The number of hydrogen-bond acceptors (Lipinski definition) is 10. The van der Waals surface area contributed by atoms with Crippen LogP contribution in [0, 0.1) is 11.3 Å². The molecule has 0 saturated carbocycles. The zero-order valence-corrected chi connectivity index (χ0v) is 23.2. The third-order valence-electron chi connectivity index (χ3n) is 5.20. The Morgan fingerprint density at radius 2 is 1.80 bits per heavy atom. The van der Waals surface area contributed by atoms with E-state index in [9.17, 15) is 19.5 Å². The van der Waals surface area contributed by atoms with Gasteiger partial charge in [-0.1, -0.05) is 22.9 Å². The van der Waals surface area contributed by atoms with Crippen molar-refractivity contribution >= 4 is 61.0 Å².